The fourth-order valence-corrected chi connectivity index (χ4v) is 10.3. The van der Waals surface area contributed by atoms with Gasteiger partial charge in [-0.3, -0.25) is 0 Å². The molecule has 5 fully saturated rings. The van der Waals surface area contributed by atoms with Crippen LogP contribution < -0.4 is 0 Å². The van der Waals surface area contributed by atoms with Gasteiger partial charge in [0.15, 0.2) is 0 Å². The Morgan fingerprint density at radius 2 is 1.71 bits per heavy atom. The van der Waals surface area contributed by atoms with Crippen LogP contribution in [0.5, 0.6) is 0 Å². The van der Waals surface area contributed by atoms with Gasteiger partial charge in [0.05, 0.1) is 6.10 Å². The molecular formula is C27H46O. The molecule has 0 heterocycles. The molecule has 5 aliphatic carbocycles. The molecule has 0 bridgehead atoms. The third-order valence-corrected chi connectivity index (χ3v) is 11.8. The molecule has 1 heteroatoms. The van der Waals surface area contributed by atoms with Crippen LogP contribution in [-0.2, 0) is 0 Å². The molecule has 0 aromatic carbocycles. The van der Waals surface area contributed by atoms with Gasteiger partial charge in [-0.25, -0.2) is 0 Å². The normalized spacial score (nSPS) is 55.4. The summed E-state index contributed by atoms with van der Waals surface area (Å²) in [6, 6.07) is 0. The van der Waals surface area contributed by atoms with Gasteiger partial charge in [-0.1, -0.05) is 53.9 Å². The summed E-state index contributed by atoms with van der Waals surface area (Å²) in [5, 5.41) is 11.3. The minimum atomic E-state index is 0.0103. The van der Waals surface area contributed by atoms with E-state index >= 15 is 0 Å². The quantitative estimate of drug-likeness (QED) is 0.535. The van der Waals surface area contributed by atoms with E-state index in [1.165, 1.54) is 64.2 Å². The molecule has 5 saturated carbocycles. The average molecular weight is 387 g/mol. The van der Waals surface area contributed by atoms with Crippen molar-refractivity contribution in [3.05, 3.63) is 0 Å². The monoisotopic (exact) mass is 386 g/mol. The van der Waals surface area contributed by atoms with Crippen molar-refractivity contribution >= 4 is 0 Å². The van der Waals surface area contributed by atoms with E-state index in [2.05, 4.69) is 34.6 Å². The number of fused-ring (bicyclic) bond motifs is 4. The zero-order valence-electron chi connectivity index (χ0n) is 19.3. The minimum absolute atomic E-state index is 0.0103. The van der Waals surface area contributed by atoms with Gasteiger partial charge in [-0.15, -0.1) is 0 Å². The predicted molar refractivity (Wildman–Crippen MR) is 117 cm³/mol. The molecule has 0 saturated heterocycles. The maximum absolute atomic E-state index is 11.3. The Balaban J connectivity index is 1.34. The van der Waals surface area contributed by atoms with Crippen LogP contribution in [-0.4, -0.2) is 11.2 Å². The lowest BCUT2D eigenvalue weighted by atomic mass is 9.45. The van der Waals surface area contributed by atoms with Gasteiger partial charge < -0.3 is 5.11 Å². The maximum Gasteiger partial charge on any atom is 0.0607 e. The highest BCUT2D eigenvalue weighted by Gasteiger charge is 2.77. The van der Waals surface area contributed by atoms with Crippen molar-refractivity contribution in [2.45, 2.75) is 111 Å². The lowest BCUT2D eigenvalue weighted by molar-refractivity contribution is -0.152. The second kappa shape index (κ2) is 6.48. The average Bonchev–Trinajstić information content (AvgIpc) is 3.15. The van der Waals surface area contributed by atoms with Crippen LogP contribution in [0.4, 0.5) is 0 Å². The van der Waals surface area contributed by atoms with Crippen LogP contribution >= 0.6 is 0 Å². The van der Waals surface area contributed by atoms with Crippen LogP contribution in [0.15, 0.2) is 0 Å². The first-order valence-corrected chi connectivity index (χ1v) is 12.9. The highest BCUT2D eigenvalue weighted by Crippen LogP contribution is 2.81. The van der Waals surface area contributed by atoms with E-state index in [-0.39, 0.29) is 6.10 Å². The zero-order chi connectivity index (χ0) is 19.9. The Labute approximate surface area is 174 Å². The third-order valence-electron chi connectivity index (χ3n) is 11.8. The van der Waals surface area contributed by atoms with Crippen molar-refractivity contribution in [3.63, 3.8) is 0 Å². The van der Waals surface area contributed by atoms with E-state index in [1.807, 2.05) is 0 Å². The van der Waals surface area contributed by atoms with E-state index in [0.717, 1.165) is 47.8 Å². The molecule has 0 amide bonds. The van der Waals surface area contributed by atoms with Gasteiger partial charge in [0, 0.05) is 5.41 Å². The minimum Gasteiger partial charge on any atom is -0.393 e. The maximum atomic E-state index is 11.3. The molecule has 0 aliphatic heterocycles. The Morgan fingerprint density at radius 1 is 0.929 bits per heavy atom. The fourth-order valence-electron chi connectivity index (χ4n) is 10.3. The molecule has 5 aliphatic rings. The zero-order valence-corrected chi connectivity index (χ0v) is 19.3. The van der Waals surface area contributed by atoms with Crippen LogP contribution in [0.2, 0.25) is 0 Å². The van der Waals surface area contributed by atoms with Gasteiger partial charge in [0.2, 0.25) is 0 Å². The van der Waals surface area contributed by atoms with Crippen molar-refractivity contribution in [2.75, 3.05) is 0 Å². The molecule has 0 aromatic heterocycles. The van der Waals surface area contributed by atoms with Gasteiger partial charge in [0.25, 0.3) is 0 Å². The summed E-state index contributed by atoms with van der Waals surface area (Å²) in [5.74, 6) is 6.17. The number of hydrogen-bond donors (Lipinski definition) is 1. The van der Waals surface area contributed by atoms with Crippen LogP contribution in [0.3, 0.4) is 0 Å². The summed E-state index contributed by atoms with van der Waals surface area (Å²) >= 11 is 0. The summed E-state index contributed by atoms with van der Waals surface area (Å²) in [6.07, 6.45) is 15.4. The van der Waals surface area contributed by atoms with Crippen molar-refractivity contribution in [2.24, 2.45) is 57.7 Å². The lowest BCUT2D eigenvalue weighted by Gasteiger charge is -2.60. The highest BCUT2D eigenvalue weighted by molar-refractivity contribution is 5.25. The molecule has 10 atom stereocenters. The molecule has 5 rings (SSSR count). The lowest BCUT2D eigenvalue weighted by Crippen LogP contribution is -2.56. The first-order valence-electron chi connectivity index (χ1n) is 12.9. The second-order valence-corrected chi connectivity index (χ2v) is 13.1. The Bertz CT molecular complexity index is 611. The van der Waals surface area contributed by atoms with E-state index in [1.54, 1.807) is 0 Å². The van der Waals surface area contributed by atoms with Gasteiger partial charge in [-0.2, -0.15) is 0 Å². The Hall–Kier alpha value is -0.0400. The number of rotatable bonds is 5. The van der Waals surface area contributed by atoms with Crippen molar-refractivity contribution in [1.29, 1.82) is 0 Å². The van der Waals surface area contributed by atoms with Crippen molar-refractivity contribution in [1.82, 2.24) is 0 Å². The standard InChI is InChI=1S/C27H46O/c1-17(2)7-6-8-18(3)21-9-10-22-20-15-24(28)27-16-19(27)11-14-26(27,5)23(20)12-13-25(21,22)4/h17-24,28H,6-16H2,1-5H3/t18-,19+,20-,21-,22+,23+,24-,25+,26+,27-/m0/s1. The summed E-state index contributed by atoms with van der Waals surface area (Å²) in [7, 11) is 0. The SMILES string of the molecule is CC(C)CCC[C@H](C)[C@@H]1CC[C@@H]2[C@@H]3C[C@H](O)[C@]45C[C@H]4CC[C@]5(C)[C@@H]3CC[C@@]21C. The van der Waals surface area contributed by atoms with Crippen LogP contribution in [0.25, 0.3) is 0 Å². The molecule has 0 radical (unpaired) electrons. The molecule has 1 N–H and O–H groups in total. The summed E-state index contributed by atoms with van der Waals surface area (Å²) in [4.78, 5) is 0. The van der Waals surface area contributed by atoms with E-state index in [0.29, 0.717) is 16.2 Å². The van der Waals surface area contributed by atoms with E-state index in [9.17, 15) is 5.11 Å². The topological polar surface area (TPSA) is 20.2 Å². The molecule has 0 aromatic rings. The Kier molecular flexibility index (Phi) is 4.60. The highest BCUT2D eigenvalue weighted by atomic mass is 16.3. The molecule has 1 nitrogen and oxygen atoms in total. The third kappa shape index (κ3) is 2.47. The van der Waals surface area contributed by atoms with Crippen LogP contribution in [0.1, 0.15) is 105 Å². The molecule has 160 valence electrons. The van der Waals surface area contributed by atoms with Crippen molar-refractivity contribution in [3.8, 4) is 0 Å². The summed E-state index contributed by atoms with van der Waals surface area (Å²) < 4.78 is 0. The second-order valence-electron chi connectivity index (χ2n) is 13.1. The largest absolute Gasteiger partial charge is 0.393 e. The smallest absolute Gasteiger partial charge is 0.0607 e. The first kappa shape index (κ1) is 19.9. The van der Waals surface area contributed by atoms with Crippen molar-refractivity contribution < 1.29 is 5.11 Å². The first-order chi connectivity index (χ1) is 13.2. The summed E-state index contributed by atoms with van der Waals surface area (Å²) in [6.45, 7) is 12.6. The van der Waals surface area contributed by atoms with E-state index < -0.39 is 0 Å². The van der Waals surface area contributed by atoms with Crippen LogP contribution in [0, 0.1) is 57.7 Å². The molecular weight excluding hydrogens is 340 g/mol. The molecule has 1 spiro atoms. The molecule has 28 heavy (non-hydrogen) atoms. The molecule has 0 unspecified atom stereocenters. The van der Waals surface area contributed by atoms with Gasteiger partial charge in [-0.05, 0) is 104 Å². The Morgan fingerprint density at radius 3 is 2.43 bits per heavy atom. The van der Waals surface area contributed by atoms with E-state index in [4.69, 9.17) is 0 Å². The fraction of sp³-hybridized carbons (Fsp3) is 1.00. The number of aliphatic hydroxyl groups is 1. The summed E-state index contributed by atoms with van der Waals surface area (Å²) in [5.41, 5.74) is 1.37. The van der Waals surface area contributed by atoms with Gasteiger partial charge >= 0.3 is 0 Å². The number of aliphatic hydroxyl groups excluding tert-OH is 1. The predicted octanol–water partition coefficient (Wildman–Crippen LogP) is 7.08. The number of hydrogen-bond acceptors (Lipinski definition) is 1. The van der Waals surface area contributed by atoms with Gasteiger partial charge in [0.1, 0.15) is 0 Å².